The normalized spacial score (nSPS) is 15.5. The summed E-state index contributed by atoms with van der Waals surface area (Å²) in [6, 6.07) is 0. The second kappa shape index (κ2) is 5.84. The topological polar surface area (TPSA) is 95.1 Å². The summed E-state index contributed by atoms with van der Waals surface area (Å²) in [4.78, 5) is 26.5. The maximum Gasteiger partial charge on any atom is 0.296 e. The summed E-state index contributed by atoms with van der Waals surface area (Å²) in [5.41, 5.74) is 1.20. The zero-order valence-corrected chi connectivity index (χ0v) is 12.7. The lowest BCUT2D eigenvalue weighted by Crippen LogP contribution is -2.44. The quantitative estimate of drug-likeness (QED) is 0.735. The average Bonchev–Trinajstić information content (AvgIpc) is 2.87. The Morgan fingerprint density at radius 2 is 2.00 bits per heavy atom. The highest BCUT2D eigenvalue weighted by molar-refractivity contribution is 5.78. The summed E-state index contributed by atoms with van der Waals surface area (Å²) in [5.74, 6) is -0.154. The van der Waals surface area contributed by atoms with E-state index in [0.29, 0.717) is 49.6 Å². The molecule has 1 aliphatic rings. The fourth-order valence-electron chi connectivity index (χ4n) is 2.54. The van der Waals surface area contributed by atoms with Crippen molar-refractivity contribution in [2.75, 3.05) is 26.3 Å². The van der Waals surface area contributed by atoms with Crippen molar-refractivity contribution in [3.8, 4) is 0 Å². The van der Waals surface area contributed by atoms with Gasteiger partial charge >= 0.3 is 0 Å². The number of ether oxygens (including phenoxy) is 1. The molecule has 9 heteroatoms. The van der Waals surface area contributed by atoms with Crippen molar-refractivity contribution in [3.05, 3.63) is 16.0 Å². The van der Waals surface area contributed by atoms with E-state index in [0.717, 1.165) is 4.68 Å². The highest BCUT2D eigenvalue weighted by atomic mass is 16.5. The van der Waals surface area contributed by atoms with Gasteiger partial charge in [0.1, 0.15) is 12.1 Å². The summed E-state index contributed by atoms with van der Waals surface area (Å²) in [6.45, 7) is 6.24. The minimum atomic E-state index is -0.339. The first-order chi connectivity index (χ1) is 10.6. The lowest BCUT2D eigenvalue weighted by atomic mass is 10.3. The Labute approximate surface area is 126 Å². The van der Waals surface area contributed by atoms with Gasteiger partial charge in [-0.2, -0.15) is 9.78 Å². The van der Waals surface area contributed by atoms with Gasteiger partial charge in [0.05, 0.1) is 18.9 Å². The van der Waals surface area contributed by atoms with E-state index < -0.39 is 0 Å². The molecule has 3 rings (SSSR count). The summed E-state index contributed by atoms with van der Waals surface area (Å²) < 4.78 is 7.91. The molecule has 0 bridgehead atoms. The molecule has 1 amide bonds. The van der Waals surface area contributed by atoms with E-state index in [1.807, 2.05) is 6.92 Å². The van der Waals surface area contributed by atoms with Gasteiger partial charge in [-0.25, -0.2) is 0 Å². The number of amides is 1. The van der Waals surface area contributed by atoms with Gasteiger partial charge in [0.15, 0.2) is 5.52 Å². The number of fused-ring (bicyclic) bond motifs is 1. The summed E-state index contributed by atoms with van der Waals surface area (Å²) in [7, 11) is 0. The van der Waals surface area contributed by atoms with Crippen LogP contribution in [0.1, 0.15) is 12.6 Å². The minimum Gasteiger partial charge on any atom is -0.378 e. The highest BCUT2D eigenvalue weighted by Gasteiger charge is 2.20. The molecule has 1 aliphatic heterocycles. The predicted molar refractivity (Wildman–Crippen MR) is 77.4 cm³/mol. The van der Waals surface area contributed by atoms with Crippen LogP contribution in [0, 0.1) is 6.92 Å². The van der Waals surface area contributed by atoms with Gasteiger partial charge in [-0.05, 0) is 13.8 Å². The van der Waals surface area contributed by atoms with Crippen LogP contribution in [0.5, 0.6) is 0 Å². The molecule has 0 N–H and O–H groups in total. The molecule has 22 heavy (non-hydrogen) atoms. The number of morpholine rings is 1. The lowest BCUT2D eigenvalue weighted by molar-refractivity contribution is -0.136. The monoisotopic (exact) mass is 306 g/mol. The number of carbonyl (C=O) groups is 1. The van der Waals surface area contributed by atoms with Crippen molar-refractivity contribution in [2.24, 2.45) is 0 Å². The molecule has 9 nitrogen and oxygen atoms in total. The van der Waals surface area contributed by atoms with E-state index in [1.165, 1.54) is 0 Å². The number of aryl methyl sites for hydroxylation is 2. The van der Waals surface area contributed by atoms with Crippen LogP contribution in [0.4, 0.5) is 0 Å². The van der Waals surface area contributed by atoms with Crippen molar-refractivity contribution >= 4 is 16.9 Å². The number of rotatable bonds is 3. The van der Waals surface area contributed by atoms with Crippen LogP contribution in [0.15, 0.2) is 4.79 Å². The summed E-state index contributed by atoms with van der Waals surface area (Å²) in [5, 5.41) is 12.2. The molecule has 0 radical (unpaired) electrons. The largest absolute Gasteiger partial charge is 0.378 e. The zero-order chi connectivity index (χ0) is 15.7. The lowest BCUT2D eigenvalue weighted by Gasteiger charge is -2.26. The standard InChI is InChI=1S/C13H18N6O3/c1-3-18-12-11(9(2)15-18)14-16-19(13(12)21)8-10(20)17-4-6-22-7-5-17/h3-8H2,1-2H3. The molecule has 0 aliphatic carbocycles. The molecule has 0 saturated carbocycles. The first-order valence-corrected chi connectivity index (χ1v) is 7.28. The molecule has 0 aromatic carbocycles. The van der Waals surface area contributed by atoms with Gasteiger partial charge < -0.3 is 9.64 Å². The van der Waals surface area contributed by atoms with Crippen LogP contribution in [-0.2, 0) is 22.6 Å². The van der Waals surface area contributed by atoms with Crippen LogP contribution in [0.3, 0.4) is 0 Å². The first kappa shape index (κ1) is 14.6. The average molecular weight is 306 g/mol. The van der Waals surface area contributed by atoms with Crippen LogP contribution in [-0.4, -0.2) is 61.9 Å². The van der Waals surface area contributed by atoms with Crippen molar-refractivity contribution in [1.82, 2.24) is 29.7 Å². The van der Waals surface area contributed by atoms with E-state index in [1.54, 1.807) is 16.5 Å². The summed E-state index contributed by atoms with van der Waals surface area (Å²) in [6.07, 6.45) is 0. The molecule has 0 spiro atoms. The number of nitrogens with zero attached hydrogens (tertiary/aromatic N) is 6. The molecular weight excluding hydrogens is 288 g/mol. The molecule has 2 aromatic heterocycles. The van der Waals surface area contributed by atoms with Crippen LogP contribution >= 0.6 is 0 Å². The Morgan fingerprint density at radius 1 is 1.27 bits per heavy atom. The number of aromatic nitrogens is 5. The Balaban J connectivity index is 1.92. The molecule has 118 valence electrons. The van der Waals surface area contributed by atoms with Gasteiger partial charge in [-0.15, -0.1) is 5.10 Å². The minimum absolute atomic E-state index is 0.115. The number of carbonyl (C=O) groups excluding carboxylic acids is 1. The Morgan fingerprint density at radius 3 is 2.68 bits per heavy atom. The SMILES string of the molecule is CCn1nc(C)c2nnn(CC(=O)N3CCOCC3)c(=O)c21. The predicted octanol–water partition coefficient (Wildman–Crippen LogP) is -0.825. The van der Waals surface area contributed by atoms with E-state index >= 15 is 0 Å². The second-order valence-electron chi connectivity index (χ2n) is 5.14. The van der Waals surface area contributed by atoms with Crippen molar-refractivity contribution < 1.29 is 9.53 Å². The van der Waals surface area contributed by atoms with Crippen molar-refractivity contribution in [2.45, 2.75) is 26.9 Å². The highest BCUT2D eigenvalue weighted by Crippen LogP contribution is 2.10. The van der Waals surface area contributed by atoms with E-state index in [-0.39, 0.29) is 18.0 Å². The molecular formula is C13H18N6O3. The molecule has 1 saturated heterocycles. The maximum absolute atomic E-state index is 12.5. The Kier molecular flexibility index (Phi) is 3.88. The van der Waals surface area contributed by atoms with Gasteiger partial charge in [-0.3, -0.25) is 14.3 Å². The van der Waals surface area contributed by atoms with Crippen LogP contribution < -0.4 is 5.56 Å². The fourth-order valence-corrected chi connectivity index (χ4v) is 2.54. The third kappa shape index (κ3) is 2.47. The third-order valence-electron chi connectivity index (χ3n) is 3.73. The fraction of sp³-hybridized carbons (Fsp3) is 0.615. The van der Waals surface area contributed by atoms with Gasteiger partial charge in [-0.1, -0.05) is 5.21 Å². The van der Waals surface area contributed by atoms with Gasteiger partial charge in [0.2, 0.25) is 5.91 Å². The maximum atomic E-state index is 12.5. The first-order valence-electron chi connectivity index (χ1n) is 7.28. The van der Waals surface area contributed by atoms with Crippen molar-refractivity contribution in [3.63, 3.8) is 0 Å². The van der Waals surface area contributed by atoms with E-state index in [4.69, 9.17) is 4.74 Å². The van der Waals surface area contributed by atoms with E-state index in [9.17, 15) is 9.59 Å². The second-order valence-corrected chi connectivity index (χ2v) is 5.14. The zero-order valence-electron chi connectivity index (χ0n) is 12.7. The van der Waals surface area contributed by atoms with Crippen LogP contribution in [0.25, 0.3) is 11.0 Å². The molecule has 3 heterocycles. The number of hydrogen-bond donors (Lipinski definition) is 0. The van der Waals surface area contributed by atoms with Crippen molar-refractivity contribution in [1.29, 1.82) is 0 Å². The molecule has 2 aromatic rings. The van der Waals surface area contributed by atoms with Gasteiger partial charge in [0, 0.05) is 19.6 Å². The summed E-state index contributed by atoms with van der Waals surface area (Å²) >= 11 is 0. The smallest absolute Gasteiger partial charge is 0.296 e. The Hall–Kier alpha value is -2.29. The number of hydrogen-bond acceptors (Lipinski definition) is 6. The van der Waals surface area contributed by atoms with E-state index in [2.05, 4.69) is 15.4 Å². The molecule has 0 atom stereocenters. The third-order valence-corrected chi connectivity index (χ3v) is 3.73. The molecule has 1 fully saturated rings. The molecule has 0 unspecified atom stereocenters. The van der Waals surface area contributed by atoms with Gasteiger partial charge in [0.25, 0.3) is 5.56 Å². The van der Waals surface area contributed by atoms with Crippen LogP contribution in [0.2, 0.25) is 0 Å². The Bertz CT molecular complexity index is 759.